The molecule has 1 unspecified atom stereocenters. The van der Waals surface area contributed by atoms with E-state index < -0.39 is 0 Å². The summed E-state index contributed by atoms with van der Waals surface area (Å²) < 4.78 is 0. The van der Waals surface area contributed by atoms with Gasteiger partial charge in [0.2, 0.25) is 0 Å². The summed E-state index contributed by atoms with van der Waals surface area (Å²) in [5.41, 5.74) is 1.54. The predicted molar refractivity (Wildman–Crippen MR) is 72.1 cm³/mol. The third kappa shape index (κ3) is 2.67. The number of nitrogens with one attached hydrogen (secondary N) is 1. The van der Waals surface area contributed by atoms with Crippen LogP contribution in [0.15, 0.2) is 11.4 Å². The van der Waals surface area contributed by atoms with Crippen LogP contribution in [0.5, 0.6) is 0 Å². The fourth-order valence-electron chi connectivity index (χ4n) is 2.88. The lowest BCUT2D eigenvalue weighted by molar-refractivity contribution is 0.416. The molecule has 2 heteroatoms. The van der Waals surface area contributed by atoms with Gasteiger partial charge in [-0.2, -0.15) is 0 Å². The summed E-state index contributed by atoms with van der Waals surface area (Å²) in [7, 11) is 2.11. The average Bonchev–Trinajstić information content (AvgIpc) is 2.96. The largest absolute Gasteiger partial charge is 0.312 e. The van der Waals surface area contributed by atoms with Crippen molar-refractivity contribution in [3.63, 3.8) is 0 Å². The zero-order valence-electron chi connectivity index (χ0n) is 10.5. The average molecular weight is 237 g/mol. The Labute approximate surface area is 103 Å². The fourth-order valence-corrected chi connectivity index (χ4v) is 4.00. The minimum Gasteiger partial charge on any atom is -0.312 e. The second kappa shape index (κ2) is 5.83. The van der Waals surface area contributed by atoms with Gasteiger partial charge in [0.15, 0.2) is 0 Å². The van der Waals surface area contributed by atoms with Crippen LogP contribution in [0.2, 0.25) is 0 Å². The summed E-state index contributed by atoms with van der Waals surface area (Å²) in [6.07, 6.45) is 8.31. The summed E-state index contributed by atoms with van der Waals surface area (Å²) >= 11 is 1.93. The van der Waals surface area contributed by atoms with Crippen LogP contribution in [-0.2, 0) is 6.42 Å². The van der Waals surface area contributed by atoms with E-state index in [1.807, 2.05) is 11.3 Å². The highest BCUT2D eigenvalue weighted by Crippen LogP contribution is 2.35. The first-order chi connectivity index (χ1) is 7.85. The Morgan fingerprint density at radius 2 is 2.19 bits per heavy atom. The molecule has 1 aliphatic rings. The van der Waals surface area contributed by atoms with Gasteiger partial charge in [-0.1, -0.05) is 32.6 Å². The maximum atomic E-state index is 3.52. The summed E-state index contributed by atoms with van der Waals surface area (Å²) in [5.74, 6) is 0.962. The van der Waals surface area contributed by atoms with E-state index in [9.17, 15) is 0 Å². The molecule has 0 spiro atoms. The van der Waals surface area contributed by atoms with Gasteiger partial charge in [-0.15, -0.1) is 11.3 Å². The molecule has 1 heterocycles. The molecule has 90 valence electrons. The lowest BCUT2D eigenvalue weighted by Gasteiger charge is -2.20. The molecule has 0 amide bonds. The molecule has 1 saturated carbocycles. The van der Waals surface area contributed by atoms with Crippen molar-refractivity contribution >= 4 is 11.3 Å². The van der Waals surface area contributed by atoms with E-state index in [-0.39, 0.29) is 0 Å². The molecular weight excluding hydrogens is 214 g/mol. The standard InChI is InChI=1S/C14H23NS/c1-3-12-8-9-16-14(12)13(15-2)10-11-6-4-5-7-11/h8-9,11,13,15H,3-7,10H2,1-2H3. The molecule has 1 fully saturated rings. The van der Waals surface area contributed by atoms with Gasteiger partial charge in [-0.3, -0.25) is 0 Å². The third-order valence-corrected chi connectivity index (χ3v) is 4.94. The maximum absolute atomic E-state index is 3.52. The molecule has 2 rings (SSSR count). The van der Waals surface area contributed by atoms with Crippen LogP contribution in [-0.4, -0.2) is 7.05 Å². The summed E-state index contributed by atoms with van der Waals surface area (Å²) in [4.78, 5) is 1.58. The Bertz CT molecular complexity index is 312. The van der Waals surface area contributed by atoms with Crippen LogP contribution < -0.4 is 5.32 Å². The Balaban J connectivity index is 2.03. The van der Waals surface area contributed by atoms with Crippen LogP contribution >= 0.6 is 11.3 Å². The van der Waals surface area contributed by atoms with Crippen LogP contribution in [0.4, 0.5) is 0 Å². The van der Waals surface area contributed by atoms with Crippen molar-refractivity contribution in [3.8, 4) is 0 Å². The van der Waals surface area contributed by atoms with Crippen molar-refractivity contribution in [2.75, 3.05) is 7.05 Å². The summed E-state index contributed by atoms with van der Waals surface area (Å²) in [6.45, 7) is 2.26. The number of hydrogen-bond donors (Lipinski definition) is 1. The van der Waals surface area contributed by atoms with Gasteiger partial charge in [0.25, 0.3) is 0 Å². The highest BCUT2D eigenvalue weighted by Gasteiger charge is 2.22. The molecule has 1 N–H and O–H groups in total. The first-order valence-electron chi connectivity index (χ1n) is 6.58. The van der Waals surface area contributed by atoms with Crippen molar-refractivity contribution < 1.29 is 0 Å². The monoisotopic (exact) mass is 237 g/mol. The van der Waals surface area contributed by atoms with Crippen molar-refractivity contribution in [3.05, 3.63) is 21.9 Å². The molecule has 0 bridgehead atoms. The van der Waals surface area contributed by atoms with Crippen LogP contribution in [0.1, 0.15) is 55.5 Å². The fraction of sp³-hybridized carbons (Fsp3) is 0.714. The Kier molecular flexibility index (Phi) is 4.42. The third-order valence-electron chi connectivity index (χ3n) is 3.87. The molecule has 1 aromatic heterocycles. The topological polar surface area (TPSA) is 12.0 Å². The molecule has 0 radical (unpaired) electrons. The number of aryl methyl sites for hydroxylation is 1. The van der Waals surface area contributed by atoms with E-state index >= 15 is 0 Å². The highest BCUT2D eigenvalue weighted by molar-refractivity contribution is 7.10. The van der Waals surface area contributed by atoms with Gasteiger partial charge in [-0.25, -0.2) is 0 Å². The maximum Gasteiger partial charge on any atom is 0.0417 e. The van der Waals surface area contributed by atoms with Gasteiger partial charge in [0, 0.05) is 10.9 Å². The van der Waals surface area contributed by atoms with Crippen molar-refractivity contribution in [2.45, 2.75) is 51.5 Å². The molecule has 1 nitrogen and oxygen atoms in total. The lowest BCUT2D eigenvalue weighted by Crippen LogP contribution is -2.19. The Hall–Kier alpha value is -0.340. The SMILES string of the molecule is CCc1ccsc1C(CC1CCCC1)NC. The lowest BCUT2D eigenvalue weighted by atomic mass is 9.96. The van der Waals surface area contributed by atoms with Gasteiger partial charge in [0.1, 0.15) is 0 Å². The van der Waals surface area contributed by atoms with Gasteiger partial charge in [-0.05, 0) is 42.8 Å². The Morgan fingerprint density at radius 1 is 1.44 bits per heavy atom. The molecule has 0 saturated heterocycles. The second-order valence-electron chi connectivity index (χ2n) is 4.89. The quantitative estimate of drug-likeness (QED) is 0.811. The molecule has 0 aromatic carbocycles. The first kappa shape index (κ1) is 12.1. The molecule has 1 aromatic rings. The van der Waals surface area contributed by atoms with Gasteiger partial charge < -0.3 is 5.32 Å². The predicted octanol–water partition coefficient (Wildman–Crippen LogP) is 4.15. The summed E-state index contributed by atoms with van der Waals surface area (Å²) in [6, 6.07) is 2.89. The highest BCUT2D eigenvalue weighted by atomic mass is 32.1. The summed E-state index contributed by atoms with van der Waals surface area (Å²) in [5, 5.41) is 5.76. The van der Waals surface area contributed by atoms with E-state index in [1.54, 1.807) is 10.4 Å². The van der Waals surface area contributed by atoms with E-state index in [4.69, 9.17) is 0 Å². The molecule has 16 heavy (non-hydrogen) atoms. The molecule has 1 aliphatic carbocycles. The molecule has 1 atom stereocenters. The normalized spacial score (nSPS) is 19.1. The minimum atomic E-state index is 0.595. The zero-order valence-corrected chi connectivity index (χ0v) is 11.3. The van der Waals surface area contributed by atoms with Crippen LogP contribution in [0.25, 0.3) is 0 Å². The number of hydrogen-bond acceptors (Lipinski definition) is 2. The van der Waals surface area contributed by atoms with Gasteiger partial charge in [0.05, 0.1) is 0 Å². The van der Waals surface area contributed by atoms with Crippen molar-refractivity contribution in [1.82, 2.24) is 5.32 Å². The second-order valence-corrected chi connectivity index (χ2v) is 5.84. The van der Waals surface area contributed by atoms with Crippen molar-refractivity contribution in [1.29, 1.82) is 0 Å². The van der Waals surface area contributed by atoms with Crippen LogP contribution in [0, 0.1) is 5.92 Å². The number of thiophene rings is 1. The zero-order chi connectivity index (χ0) is 11.4. The molecule has 0 aliphatic heterocycles. The van der Waals surface area contributed by atoms with Crippen LogP contribution in [0.3, 0.4) is 0 Å². The Morgan fingerprint density at radius 3 is 2.81 bits per heavy atom. The molecular formula is C14H23NS. The minimum absolute atomic E-state index is 0.595. The van der Waals surface area contributed by atoms with E-state index in [0.29, 0.717) is 6.04 Å². The van der Waals surface area contributed by atoms with E-state index in [0.717, 1.165) is 5.92 Å². The first-order valence-corrected chi connectivity index (χ1v) is 7.46. The smallest absolute Gasteiger partial charge is 0.0417 e. The number of rotatable bonds is 5. The van der Waals surface area contributed by atoms with E-state index in [2.05, 4.69) is 30.7 Å². The van der Waals surface area contributed by atoms with E-state index in [1.165, 1.54) is 38.5 Å². The van der Waals surface area contributed by atoms with Gasteiger partial charge >= 0.3 is 0 Å². The van der Waals surface area contributed by atoms with Crippen molar-refractivity contribution in [2.24, 2.45) is 5.92 Å².